The first-order chi connectivity index (χ1) is 13.9. The summed E-state index contributed by atoms with van der Waals surface area (Å²) in [5.41, 5.74) is -0.00527. The van der Waals surface area contributed by atoms with E-state index in [1.54, 1.807) is 4.68 Å². The topological polar surface area (TPSA) is 105 Å². The van der Waals surface area contributed by atoms with Gasteiger partial charge in [0.2, 0.25) is 0 Å². The van der Waals surface area contributed by atoms with E-state index >= 15 is 0 Å². The number of hydrogen-bond acceptors (Lipinski definition) is 7. The van der Waals surface area contributed by atoms with E-state index in [9.17, 15) is 9.90 Å². The van der Waals surface area contributed by atoms with Crippen LogP contribution >= 0.6 is 0 Å². The fourth-order valence-electron chi connectivity index (χ4n) is 4.45. The van der Waals surface area contributed by atoms with Gasteiger partial charge in [0.25, 0.3) is 5.91 Å². The minimum absolute atomic E-state index is 0.243. The van der Waals surface area contributed by atoms with Gasteiger partial charge in [-0.15, -0.1) is 0 Å². The summed E-state index contributed by atoms with van der Waals surface area (Å²) in [5, 5.41) is 18.5. The zero-order valence-corrected chi connectivity index (χ0v) is 16.9. The third kappa shape index (κ3) is 4.03. The second-order valence-corrected chi connectivity index (χ2v) is 8.33. The van der Waals surface area contributed by atoms with Gasteiger partial charge in [0.05, 0.1) is 23.5 Å². The van der Waals surface area contributed by atoms with E-state index in [4.69, 9.17) is 4.74 Å². The number of aryl methyl sites for hydroxylation is 1. The van der Waals surface area contributed by atoms with Crippen molar-refractivity contribution in [3.63, 3.8) is 0 Å². The molecule has 29 heavy (non-hydrogen) atoms. The fourth-order valence-corrected chi connectivity index (χ4v) is 4.45. The quantitative estimate of drug-likeness (QED) is 0.771. The normalized spacial score (nSPS) is 27.1. The van der Waals surface area contributed by atoms with Crippen LogP contribution in [0.25, 0.3) is 0 Å². The molecule has 4 heterocycles. The second kappa shape index (κ2) is 7.81. The van der Waals surface area contributed by atoms with Crippen LogP contribution in [0.1, 0.15) is 42.2 Å². The lowest BCUT2D eigenvalue weighted by molar-refractivity contribution is -0.205. The van der Waals surface area contributed by atoms with Gasteiger partial charge in [-0.25, -0.2) is 4.98 Å². The van der Waals surface area contributed by atoms with Gasteiger partial charge in [0.1, 0.15) is 11.8 Å². The number of hydrogen-bond donors (Lipinski definition) is 2. The number of aliphatic hydroxyl groups excluding tert-OH is 1. The Morgan fingerprint density at radius 2 is 2.10 bits per heavy atom. The van der Waals surface area contributed by atoms with Gasteiger partial charge >= 0.3 is 0 Å². The lowest BCUT2D eigenvalue weighted by Gasteiger charge is -2.53. The molecule has 2 fully saturated rings. The Labute approximate surface area is 170 Å². The summed E-state index contributed by atoms with van der Waals surface area (Å²) in [6.07, 6.45) is 9.51. The van der Waals surface area contributed by atoms with Crippen LogP contribution in [0.2, 0.25) is 0 Å². The molecule has 0 bridgehead atoms. The molecule has 0 unspecified atom stereocenters. The van der Waals surface area contributed by atoms with Crippen molar-refractivity contribution in [3.8, 4) is 0 Å². The summed E-state index contributed by atoms with van der Waals surface area (Å²) in [6, 6.07) is 0. The molecule has 156 valence electrons. The molecule has 9 nitrogen and oxygen atoms in total. The summed E-state index contributed by atoms with van der Waals surface area (Å²) >= 11 is 0. The van der Waals surface area contributed by atoms with Crippen molar-refractivity contribution in [3.05, 3.63) is 42.2 Å². The highest BCUT2D eigenvalue weighted by Gasteiger charge is 2.53. The number of piperidine rings is 1. The number of nitrogens with one attached hydrogen (secondary N) is 1. The molecule has 1 amide bonds. The van der Waals surface area contributed by atoms with Crippen LogP contribution < -0.4 is 5.32 Å². The van der Waals surface area contributed by atoms with E-state index in [2.05, 4.69) is 25.3 Å². The number of amides is 1. The number of likely N-dealkylation sites (tertiary alicyclic amines) is 1. The van der Waals surface area contributed by atoms with Gasteiger partial charge < -0.3 is 15.2 Å². The molecule has 9 heteroatoms. The van der Waals surface area contributed by atoms with Gasteiger partial charge in [-0.1, -0.05) is 0 Å². The van der Waals surface area contributed by atoms with Crippen LogP contribution in [-0.2, 0) is 18.3 Å². The Morgan fingerprint density at radius 3 is 2.76 bits per heavy atom. The molecule has 2 atom stereocenters. The van der Waals surface area contributed by atoms with Crippen LogP contribution in [0, 0.1) is 0 Å². The molecule has 2 aromatic rings. The molecule has 1 spiro atoms. The highest BCUT2D eigenvalue weighted by Crippen LogP contribution is 2.40. The monoisotopic (exact) mass is 400 g/mol. The first-order valence-corrected chi connectivity index (χ1v) is 10.0. The van der Waals surface area contributed by atoms with Gasteiger partial charge in [0.15, 0.2) is 0 Å². The molecule has 2 saturated heterocycles. The number of carbonyl (C=O) groups excluding carboxylic acids is 1. The van der Waals surface area contributed by atoms with Gasteiger partial charge in [0, 0.05) is 57.4 Å². The molecule has 0 aromatic carbocycles. The number of rotatable bonds is 4. The Kier molecular flexibility index (Phi) is 5.37. The Morgan fingerprint density at radius 1 is 1.31 bits per heavy atom. The van der Waals surface area contributed by atoms with Gasteiger partial charge in [-0.3, -0.25) is 19.4 Å². The van der Waals surface area contributed by atoms with Crippen LogP contribution in [-0.4, -0.2) is 72.6 Å². The first-order valence-electron chi connectivity index (χ1n) is 10.0. The highest BCUT2D eigenvalue weighted by molar-refractivity contribution is 5.92. The van der Waals surface area contributed by atoms with E-state index < -0.39 is 17.2 Å². The van der Waals surface area contributed by atoms with E-state index in [0.717, 1.165) is 19.6 Å². The minimum atomic E-state index is -0.801. The number of nitrogens with zero attached hydrogens (tertiary/aromatic N) is 5. The van der Waals surface area contributed by atoms with Crippen molar-refractivity contribution in [1.29, 1.82) is 0 Å². The van der Waals surface area contributed by atoms with Crippen molar-refractivity contribution in [2.45, 2.75) is 50.0 Å². The molecule has 0 aliphatic carbocycles. The molecule has 2 N–H and O–H groups in total. The lowest BCUT2D eigenvalue weighted by Crippen LogP contribution is -2.69. The molecule has 2 aliphatic heterocycles. The largest absolute Gasteiger partial charge is 0.388 e. The van der Waals surface area contributed by atoms with Crippen molar-refractivity contribution in [2.75, 3.05) is 19.7 Å². The second-order valence-electron chi connectivity index (χ2n) is 8.33. The maximum absolute atomic E-state index is 12.6. The van der Waals surface area contributed by atoms with Crippen molar-refractivity contribution in [1.82, 2.24) is 30.0 Å². The molecular formula is C20H28N6O3. The van der Waals surface area contributed by atoms with Crippen LogP contribution in [0.3, 0.4) is 0 Å². The van der Waals surface area contributed by atoms with Crippen LogP contribution in [0.5, 0.6) is 0 Å². The number of ether oxygens (including phenoxy) is 1. The SMILES string of the molecule is Cn1cc(CN2CCC3(CC2)OCC[C@](C)(NC(=O)c2cnccn2)[C@H]3O)cn1. The van der Waals surface area contributed by atoms with E-state index in [1.807, 2.05) is 26.4 Å². The summed E-state index contributed by atoms with van der Waals surface area (Å²) in [7, 11) is 1.91. The Bertz CT molecular complexity index is 849. The molecule has 2 aromatic heterocycles. The third-order valence-electron chi connectivity index (χ3n) is 6.17. The maximum atomic E-state index is 12.6. The van der Waals surface area contributed by atoms with E-state index in [-0.39, 0.29) is 11.6 Å². The molecule has 4 rings (SSSR count). The number of carbonyl (C=O) groups is 1. The fraction of sp³-hybridized carbons (Fsp3) is 0.600. The van der Waals surface area contributed by atoms with Gasteiger partial charge in [-0.2, -0.15) is 5.10 Å². The average molecular weight is 400 g/mol. The maximum Gasteiger partial charge on any atom is 0.271 e. The Balaban J connectivity index is 1.41. The molecule has 0 radical (unpaired) electrons. The van der Waals surface area contributed by atoms with Crippen molar-refractivity contribution >= 4 is 5.91 Å². The summed E-state index contributed by atoms with van der Waals surface area (Å²) in [5.74, 6) is -0.328. The zero-order valence-electron chi connectivity index (χ0n) is 16.9. The average Bonchev–Trinajstić information content (AvgIpc) is 3.13. The van der Waals surface area contributed by atoms with Crippen molar-refractivity contribution in [2.24, 2.45) is 7.05 Å². The van der Waals surface area contributed by atoms with E-state index in [0.29, 0.717) is 25.9 Å². The summed E-state index contributed by atoms with van der Waals surface area (Å²) in [6.45, 7) is 4.86. The number of aliphatic hydroxyl groups is 1. The van der Waals surface area contributed by atoms with Crippen molar-refractivity contribution < 1.29 is 14.6 Å². The predicted molar refractivity (Wildman–Crippen MR) is 105 cm³/mol. The predicted octanol–water partition coefficient (Wildman–Crippen LogP) is 0.515. The Hall–Kier alpha value is -2.36. The third-order valence-corrected chi connectivity index (χ3v) is 6.17. The van der Waals surface area contributed by atoms with Crippen LogP contribution in [0.4, 0.5) is 0 Å². The molecular weight excluding hydrogens is 372 g/mol. The first kappa shape index (κ1) is 19.9. The highest BCUT2D eigenvalue weighted by atomic mass is 16.5. The lowest BCUT2D eigenvalue weighted by atomic mass is 9.73. The van der Waals surface area contributed by atoms with Gasteiger partial charge in [-0.05, 0) is 26.2 Å². The minimum Gasteiger partial charge on any atom is -0.388 e. The smallest absolute Gasteiger partial charge is 0.271 e. The summed E-state index contributed by atoms with van der Waals surface area (Å²) < 4.78 is 7.94. The molecule has 2 aliphatic rings. The van der Waals surface area contributed by atoms with Crippen LogP contribution in [0.15, 0.2) is 31.0 Å². The molecule has 0 saturated carbocycles. The zero-order chi connectivity index (χ0) is 20.5. The number of aromatic nitrogens is 4. The summed E-state index contributed by atoms with van der Waals surface area (Å²) in [4.78, 5) is 23.0. The standard InChI is InChI=1S/C20H28N6O3/c1-19(24-17(27)16-12-21-6-7-22-16)5-10-29-20(18(19)28)3-8-26(9-4-20)14-15-11-23-25(2)13-15/h6-7,11-13,18,28H,3-5,8-10,14H2,1-2H3,(H,24,27)/t18-,19+/m1/s1. The van der Waals surface area contributed by atoms with E-state index in [1.165, 1.54) is 24.2 Å².